The first kappa shape index (κ1) is 13.5. The zero-order valence-electron chi connectivity index (χ0n) is 10.7. The summed E-state index contributed by atoms with van der Waals surface area (Å²) in [5.74, 6) is -0.0947. The number of hydrogen-bond acceptors (Lipinski definition) is 7. The molecule has 3 N–H and O–H groups in total. The van der Waals surface area contributed by atoms with Crippen LogP contribution in [0, 0.1) is 5.92 Å². The number of piperidine rings is 1. The summed E-state index contributed by atoms with van der Waals surface area (Å²) >= 11 is 0. The molecular formula is C9H15N5O5S. The average Bonchev–Trinajstić information content (AvgIpc) is 2.85. The summed E-state index contributed by atoms with van der Waals surface area (Å²) in [7, 11) is -3.03. The first-order chi connectivity index (χ1) is 9.33. The maximum Gasteiger partial charge on any atom is 0.418 e. The van der Waals surface area contributed by atoms with Crippen molar-refractivity contribution >= 4 is 22.6 Å². The lowest BCUT2D eigenvalue weighted by Crippen LogP contribution is -2.58. The molecule has 3 rings (SSSR count). The molecule has 2 fully saturated rings. The van der Waals surface area contributed by atoms with E-state index in [2.05, 4.69) is 9.39 Å². The molecule has 4 atom stereocenters. The van der Waals surface area contributed by atoms with E-state index >= 15 is 0 Å². The van der Waals surface area contributed by atoms with E-state index in [1.165, 1.54) is 4.90 Å². The molecule has 3 heterocycles. The zero-order chi connectivity index (χ0) is 14.7. The van der Waals surface area contributed by atoms with Crippen molar-refractivity contribution in [2.45, 2.75) is 18.1 Å². The van der Waals surface area contributed by atoms with Gasteiger partial charge in [0.25, 0.3) is 0 Å². The maximum atomic E-state index is 12.2. The van der Waals surface area contributed by atoms with Gasteiger partial charge in [0.15, 0.2) is 0 Å². The highest BCUT2D eigenvalue weighted by atomic mass is 32.3. The number of urea groups is 1. The number of hydrazone groups is 1. The maximum absolute atomic E-state index is 12.2. The van der Waals surface area contributed by atoms with E-state index in [4.69, 9.17) is 10.3 Å². The van der Waals surface area contributed by atoms with Crippen molar-refractivity contribution in [3.8, 4) is 0 Å². The van der Waals surface area contributed by atoms with Crippen molar-refractivity contribution in [2.75, 3.05) is 20.1 Å². The van der Waals surface area contributed by atoms with Crippen LogP contribution in [0.1, 0.15) is 0 Å². The van der Waals surface area contributed by atoms with Gasteiger partial charge < -0.3 is 10.6 Å². The van der Waals surface area contributed by atoms with Gasteiger partial charge in [-0.25, -0.2) is 4.79 Å². The highest BCUT2D eigenvalue weighted by molar-refractivity contribution is 7.80. The summed E-state index contributed by atoms with van der Waals surface area (Å²) in [6.07, 6.45) is 1.71. The zero-order valence-corrected chi connectivity index (χ0v) is 11.5. The van der Waals surface area contributed by atoms with Gasteiger partial charge in [-0.3, -0.25) is 9.56 Å². The fraction of sp³-hybridized carbons (Fsp3) is 0.778. The van der Waals surface area contributed by atoms with Gasteiger partial charge in [-0.15, -0.1) is 4.28 Å². The monoisotopic (exact) mass is 305 g/mol. The van der Waals surface area contributed by atoms with Crippen molar-refractivity contribution in [2.24, 2.45) is 16.8 Å². The molecule has 10 nitrogen and oxygen atoms in total. The minimum atomic E-state index is -4.76. The number of nitrogens with two attached hydrogens (primary N) is 1. The molecule has 2 amide bonds. The molecule has 11 heteroatoms. The number of nitrogens with zero attached hydrogens (tertiary/aromatic N) is 4. The van der Waals surface area contributed by atoms with Gasteiger partial charge in [-0.1, -0.05) is 0 Å². The molecule has 3 aliphatic rings. The molecule has 3 aliphatic heterocycles. The fourth-order valence-corrected chi connectivity index (χ4v) is 3.63. The molecule has 0 radical (unpaired) electrons. The Morgan fingerprint density at radius 3 is 2.90 bits per heavy atom. The SMILES string of the molecule is CN1N=CC2C1C1CN(C(=O)N1OS(=O)(=O)O)C2CN. The van der Waals surface area contributed by atoms with E-state index in [1.54, 1.807) is 18.3 Å². The summed E-state index contributed by atoms with van der Waals surface area (Å²) in [6, 6.07) is -1.65. The molecular weight excluding hydrogens is 290 g/mol. The second-order valence-electron chi connectivity index (χ2n) is 5.04. The summed E-state index contributed by atoms with van der Waals surface area (Å²) < 4.78 is 35.0. The molecule has 4 unspecified atom stereocenters. The first-order valence-corrected chi connectivity index (χ1v) is 7.44. The number of rotatable bonds is 3. The molecule has 20 heavy (non-hydrogen) atoms. The third-order valence-electron chi connectivity index (χ3n) is 4.02. The lowest BCUT2D eigenvalue weighted by atomic mass is 9.84. The Morgan fingerprint density at radius 2 is 2.30 bits per heavy atom. The van der Waals surface area contributed by atoms with Gasteiger partial charge in [-0.05, 0) is 0 Å². The standard InChI is InChI=1S/C9H15N5O5S/c1-12-8-5(3-11-12)6(2-10)13-4-7(8)14(9(13)15)19-20(16,17)18/h3,5-8H,2,4,10H2,1H3,(H,16,17,18). The van der Waals surface area contributed by atoms with E-state index < -0.39 is 22.5 Å². The minimum absolute atomic E-state index is 0.0947. The number of hydroxylamine groups is 2. The largest absolute Gasteiger partial charge is 0.418 e. The Balaban J connectivity index is 1.97. The molecule has 0 aliphatic carbocycles. The highest BCUT2D eigenvalue weighted by Crippen LogP contribution is 2.38. The smallest absolute Gasteiger partial charge is 0.328 e. The fourth-order valence-electron chi connectivity index (χ4n) is 3.26. The Bertz CT molecular complexity index is 565. The van der Waals surface area contributed by atoms with Gasteiger partial charge >= 0.3 is 16.4 Å². The topological polar surface area (TPSA) is 129 Å². The second kappa shape index (κ2) is 4.28. The first-order valence-electron chi connectivity index (χ1n) is 6.07. The third kappa shape index (κ3) is 1.85. The molecule has 112 valence electrons. The summed E-state index contributed by atoms with van der Waals surface area (Å²) in [5.41, 5.74) is 5.72. The van der Waals surface area contributed by atoms with Crippen LogP contribution in [0.5, 0.6) is 0 Å². The normalized spacial score (nSPS) is 36.0. The van der Waals surface area contributed by atoms with Gasteiger partial charge in [0.1, 0.15) is 6.04 Å². The van der Waals surface area contributed by atoms with Crippen LogP contribution in [0.3, 0.4) is 0 Å². The van der Waals surface area contributed by atoms with Gasteiger partial charge in [0.2, 0.25) is 0 Å². The Hall–Kier alpha value is -1.43. The third-order valence-corrected chi connectivity index (χ3v) is 4.37. The number of fused-ring (bicyclic) bond motifs is 4. The predicted molar refractivity (Wildman–Crippen MR) is 66.7 cm³/mol. The van der Waals surface area contributed by atoms with E-state index in [-0.39, 0.29) is 31.1 Å². The summed E-state index contributed by atoms with van der Waals surface area (Å²) in [5, 5.41) is 6.54. The van der Waals surface area contributed by atoms with Gasteiger partial charge in [-0.2, -0.15) is 18.6 Å². The van der Waals surface area contributed by atoms with Crippen LogP contribution in [0.15, 0.2) is 5.10 Å². The number of likely N-dealkylation sites (N-methyl/N-ethyl adjacent to an activating group) is 1. The van der Waals surface area contributed by atoms with Crippen LogP contribution >= 0.6 is 0 Å². The molecule has 0 aromatic heterocycles. The summed E-state index contributed by atoms with van der Waals surface area (Å²) in [6.45, 7) is 0.518. The van der Waals surface area contributed by atoms with Crippen LogP contribution in [-0.2, 0) is 14.7 Å². The number of carbonyl (C=O) groups is 1. The van der Waals surface area contributed by atoms with Crippen LogP contribution < -0.4 is 5.73 Å². The van der Waals surface area contributed by atoms with E-state index in [9.17, 15) is 13.2 Å². The lowest BCUT2D eigenvalue weighted by Gasteiger charge is -2.40. The Kier molecular flexibility index (Phi) is 2.90. The Labute approximate surface area is 115 Å². The van der Waals surface area contributed by atoms with Crippen LogP contribution in [0.2, 0.25) is 0 Å². The highest BCUT2D eigenvalue weighted by Gasteiger charge is 2.58. The molecule has 0 spiro atoms. The van der Waals surface area contributed by atoms with Crippen LogP contribution in [0.25, 0.3) is 0 Å². The number of hydrogen-bond donors (Lipinski definition) is 2. The average molecular weight is 305 g/mol. The molecule has 2 saturated heterocycles. The second-order valence-corrected chi connectivity index (χ2v) is 6.04. The van der Waals surface area contributed by atoms with Crippen molar-refractivity contribution in [1.82, 2.24) is 15.0 Å². The molecule has 2 bridgehead atoms. The van der Waals surface area contributed by atoms with Crippen molar-refractivity contribution < 1.29 is 22.0 Å². The van der Waals surface area contributed by atoms with Crippen molar-refractivity contribution in [3.63, 3.8) is 0 Å². The van der Waals surface area contributed by atoms with Gasteiger partial charge in [0, 0.05) is 32.3 Å². The quantitative estimate of drug-likeness (QED) is 0.582. The van der Waals surface area contributed by atoms with Crippen LogP contribution in [0.4, 0.5) is 4.79 Å². The van der Waals surface area contributed by atoms with Crippen molar-refractivity contribution in [3.05, 3.63) is 0 Å². The van der Waals surface area contributed by atoms with Crippen molar-refractivity contribution in [1.29, 1.82) is 0 Å². The van der Waals surface area contributed by atoms with Crippen LogP contribution in [-0.4, -0.2) is 78.5 Å². The number of carbonyl (C=O) groups excluding carboxylic acids is 1. The van der Waals surface area contributed by atoms with Gasteiger partial charge in [0.05, 0.1) is 12.1 Å². The van der Waals surface area contributed by atoms with E-state index in [0.29, 0.717) is 5.06 Å². The lowest BCUT2D eigenvalue weighted by molar-refractivity contribution is -0.0555. The number of amides is 2. The van der Waals surface area contributed by atoms with E-state index in [0.717, 1.165) is 0 Å². The predicted octanol–water partition coefficient (Wildman–Crippen LogP) is -1.92. The van der Waals surface area contributed by atoms with E-state index in [1.807, 2.05) is 0 Å². The Morgan fingerprint density at radius 1 is 1.60 bits per heavy atom. The molecule has 0 aromatic carbocycles. The molecule has 0 saturated carbocycles. The minimum Gasteiger partial charge on any atom is -0.328 e. The summed E-state index contributed by atoms with van der Waals surface area (Å²) in [4.78, 5) is 13.7. The molecule has 0 aromatic rings.